The van der Waals surface area contributed by atoms with Gasteiger partial charge in [0.05, 0.1) is 18.6 Å². The van der Waals surface area contributed by atoms with Gasteiger partial charge in [-0.15, -0.1) is 0 Å². The molecule has 0 aliphatic rings. The summed E-state index contributed by atoms with van der Waals surface area (Å²) >= 11 is 0. The summed E-state index contributed by atoms with van der Waals surface area (Å²) in [6.07, 6.45) is -1.38. The van der Waals surface area contributed by atoms with Crippen molar-refractivity contribution in [2.45, 2.75) is 13.3 Å². The minimum absolute atomic E-state index is 0.193. The van der Waals surface area contributed by atoms with Crippen LogP contribution in [0.4, 0.5) is 22.0 Å². The molecule has 0 amide bonds. The van der Waals surface area contributed by atoms with Crippen molar-refractivity contribution in [2.75, 3.05) is 6.61 Å². The van der Waals surface area contributed by atoms with Crippen molar-refractivity contribution < 1.29 is 41.1 Å². The van der Waals surface area contributed by atoms with E-state index in [0.29, 0.717) is 0 Å². The molecule has 21 heavy (non-hydrogen) atoms. The molecule has 0 saturated carbocycles. The average Bonchev–Trinajstić information content (AvgIpc) is 2.43. The van der Waals surface area contributed by atoms with Crippen LogP contribution in [0, 0.1) is 29.1 Å². The fourth-order valence-electron chi connectivity index (χ4n) is 1.37. The van der Waals surface area contributed by atoms with Gasteiger partial charge >= 0.3 is 5.97 Å². The number of hydrogen-bond donors (Lipinski definition) is 0. The summed E-state index contributed by atoms with van der Waals surface area (Å²) in [5.74, 6) is -16.4. The van der Waals surface area contributed by atoms with Gasteiger partial charge in [0.15, 0.2) is 29.1 Å². The van der Waals surface area contributed by atoms with Crippen molar-refractivity contribution in [3.05, 3.63) is 34.6 Å². The van der Waals surface area contributed by atoms with Crippen LogP contribution in [0.25, 0.3) is 0 Å². The minimum Gasteiger partial charge on any atom is -0.460 e. The first-order chi connectivity index (χ1) is 9.72. The number of hydrogen-bond acceptors (Lipinski definition) is 4. The summed E-state index contributed by atoms with van der Waals surface area (Å²) in [6.45, 7) is 1.17. The molecule has 0 radical (unpaired) electrons. The normalized spacial score (nSPS) is 10.4. The van der Waals surface area contributed by atoms with Gasteiger partial charge in [-0.3, -0.25) is 9.59 Å². The molecule has 9 heteroatoms. The maximum atomic E-state index is 13.3. The van der Waals surface area contributed by atoms with Crippen molar-refractivity contribution in [1.82, 2.24) is 0 Å². The molecule has 0 N–H and O–H groups in total. The van der Waals surface area contributed by atoms with Crippen LogP contribution in [0.1, 0.15) is 23.7 Å². The van der Waals surface area contributed by atoms with E-state index in [1.807, 2.05) is 0 Å². The molecule has 1 aromatic rings. The summed E-state index contributed by atoms with van der Waals surface area (Å²) in [7, 11) is 0. The number of carbonyl (C=O) groups is 3. The predicted molar refractivity (Wildman–Crippen MR) is 56.8 cm³/mol. The van der Waals surface area contributed by atoms with Gasteiger partial charge in [-0.25, -0.2) is 26.7 Å². The van der Waals surface area contributed by atoms with Gasteiger partial charge in [0.25, 0.3) is 0 Å². The van der Waals surface area contributed by atoms with Crippen molar-refractivity contribution in [3.63, 3.8) is 0 Å². The second-order valence-electron chi connectivity index (χ2n) is 3.69. The standard InChI is InChI=1S/C12H7F5O4/c1-2-21-12(20)5(19)3-4(18)6-7(13)9(15)11(17)10(16)8(6)14/h2-3H2,1H3. The van der Waals surface area contributed by atoms with Gasteiger partial charge in [-0.1, -0.05) is 0 Å². The van der Waals surface area contributed by atoms with Crippen molar-refractivity contribution in [2.24, 2.45) is 0 Å². The second kappa shape index (κ2) is 6.42. The topological polar surface area (TPSA) is 60.4 Å². The quantitative estimate of drug-likeness (QED) is 0.159. The van der Waals surface area contributed by atoms with Crippen LogP contribution in [0.15, 0.2) is 0 Å². The third kappa shape index (κ3) is 3.23. The van der Waals surface area contributed by atoms with Gasteiger partial charge in [0, 0.05) is 0 Å². The zero-order chi connectivity index (χ0) is 16.3. The van der Waals surface area contributed by atoms with Crippen molar-refractivity contribution in [3.8, 4) is 0 Å². The highest BCUT2D eigenvalue weighted by molar-refractivity contribution is 6.38. The number of ether oxygens (including phenoxy) is 1. The van der Waals surface area contributed by atoms with Crippen molar-refractivity contribution >= 4 is 17.5 Å². The Morgan fingerprint density at radius 3 is 1.71 bits per heavy atom. The van der Waals surface area contributed by atoms with Gasteiger partial charge in [-0.05, 0) is 6.92 Å². The van der Waals surface area contributed by atoms with Gasteiger partial charge in [0.2, 0.25) is 11.6 Å². The van der Waals surface area contributed by atoms with Crippen LogP contribution in [0.3, 0.4) is 0 Å². The average molecular weight is 310 g/mol. The first-order valence-electron chi connectivity index (χ1n) is 5.46. The Kier molecular flexibility index (Phi) is 5.12. The van der Waals surface area contributed by atoms with E-state index in [1.165, 1.54) is 6.92 Å². The fraction of sp³-hybridized carbons (Fsp3) is 0.250. The summed E-state index contributed by atoms with van der Waals surface area (Å²) in [5.41, 5.74) is -1.77. The molecule has 0 saturated heterocycles. The molecule has 0 heterocycles. The lowest BCUT2D eigenvalue weighted by molar-refractivity contribution is -0.153. The maximum absolute atomic E-state index is 13.3. The van der Waals surface area contributed by atoms with Crippen LogP contribution in [-0.2, 0) is 14.3 Å². The Morgan fingerprint density at radius 2 is 1.29 bits per heavy atom. The molecular weight excluding hydrogens is 303 g/mol. The number of carbonyl (C=O) groups excluding carboxylic acids is 3. The number of rotatable bonds is 5. The van der Waals surface area contributed by atoms with Crippen LogP contribution in [-0.4, -0.2) is 24.1 Å². The van der Waals surface area contributed by atoms with Crippen LogP contribution in [0.2, 0.25) is 0 Å². The molecule has 0 aliphatic heterocycles. The van der Waals surface area contributed by atoms with E-state index in [0.717, 1.165) is 0 Å². The Hall–Kier alpha value is -2.32. The molecule has 0 unspecified atom stereocenters. The van der Waals surface area contributed by atoms with E-state index >= 15 is 0 Å². The smallest absolute Gasteiger partial charge is 0.375 e. The van der Waals surface area contributed by atoms with Crippen molar-refractivity contribution in [1.29, 1.82) is 0 Å². The molecule has 114 valence electrons. The number of Topliss-reactive ketones (excluding diaryl/α,β-unsaturated/α-hetero) is 2. The molecule has 1 rings (SSSR count). The zero-order valence-electron chi connectivity index (χ0n) is 10.4. The Labute approximate surface area is 114 Å². The summed E-state index contributed by atoms with van der Waals surface area (Å²) < 4.78 is 69.3. The number of esters is 1. The third-order valence-electron chi connectivity index (χ3n) is 2.31. The predicted octanol–water partition coefficient (Wildman–Crippen LogP) is 2.09. The summed E-state index contributed by atoms with van der Waals surface area (Å²) in [4.78, 5) is 33.6. The maximum Gasteiger partial charge on any atom is 0.375 e. The van der Waals surface area contributed by atoms with E-state index in [-0.39, 0.29) is 6.61 Å². The molecular formula is C12H7F5O4. The lowest BCUT2D eigenvalue weighted by Gasteiger charge is -2.06. The monoisotopic (exact) mass is 310 g/mol. The Morgan fingerprint density at radius 1 is 0.857 bits per heavy atom. The van der Waals surface area contributed by atoms with E-state index in [2.05, 4.69) is 4.74 Å². The summed E-state index contributed by atoms with van der Waals surface area (Å²) in [6, 6.07) is 0. The Bertz CT molecular complexity index is 598. The van der Waals surface area contributed by atoms with E-state index in [1.54, 1.807) is 0 Å². The van der Waals surface area contributed by atoms with Gasteiger partial charge < -0.3 is 4.74 Å². The van der Waals surface area contributed by atoms with Crippen LogP contribution < -0.4 is 0 Å². The molecule has 0 fully saturated rings. The molecule has 0 aliphatic carbocycles. The minimum atomic E-state index is -2.43. The number of benzene rings is 1. The van der Waals surface area contributed by atoms with Gasteiger partial charge in [-0.2, -0.15) is 0 Å². The lowest BCUT2D eigenvalue weighted by atomic mass is 10.0. The van der Waals surface area contributed by atoms with Crippen LogP contribution >= 0.6 is 0 Å². The second-order valence-corrected chi connectivity index (χ2v) is 3.69. The van der Waals surface area contributed by atoms with E-state index in [4.69, 9.17) is 0 Å². The highest BCUT2D eigenvalue weighted by Gasteiger charge is 2.31. The van der Waals surface area contributed by atoms with Crippen LogP contribution in [0.5, 0.6) is 0 Å². The lowest BCUT2D eigenvalue weighted by Crippen LogP contribution is -2.22. The first-order valence-corrected chi connectivity index (χ1v) is 5.46. The molecule has 0 atom stereocenters. The zero-order valence-corrected chi connectivity index (χ0v) is 10.4. The fourth-order valence-corrected chi connectivity index (χ4v) is 1.37. The Balaban J connectivity index is 3.15. The molecule has 4 nitrogen and oxygen atoms in total. The van der Waals surface area contributed by atoms with E-state index < -0.39 is 58.6 Å². The SMILES string of the molecule is CCOC(=O)C(=O)CC(=O)c1c(F)c(F)c(F)c(F)c1F. The number of halogens is 5. The van der Waals surface area contributed by atoms with Gasteiger partial charge in [0.1, 0.15) is 0 Å². The van der Waals surface area contributed by atoms with E-state index in [9.17, 15) is 36.3 Å². The molecule has 0 bridgehead atoms. The number of ketones is 2. The largest absolute Gasteiger partial charge is 0.460 e. The summed E-state index contributed by atoms with van der Waals surface area (Å²) in [5, 5.41) is 0. The molecule has 0 aromatic heterocycles. The first kappa shape index (κ1) is 16.7. The molecule has 1 aromatic carbocycles. The molecule has 0 spiro atoms. The highest BCUT2D eigenvalue weighted by atomic mass is 19.2. The highest BCUT2D eigenvalue weighted by Crippen LogP contribution is 2.24. The third-order valence-corrected chi connectivity index (χ3v) is 2.31.